The van der Waals surface area contributed by atoms with E-state index in [0.29, 0.717) is 6.42 Å². The van der Waals surface area contributed by atoms with Gasteiger partial charge in [0.15, 0.2) is 0 Å². The number of carbonyl (C=O) groups is 1. The van der Waals surface area contributed by atoms with E-state index >= 15 is 0 Å². The van der Waals surface area contributed by atoms with Crippen molar-refractivity contribution in [1.82, 2.24) is 5.32 Å². The van der Waals surface area contributed by atoms with Crippen LogP contribution < -0.4 is 5.32 Å². The van der Waals surface area contributed by atoms with Gasteiger partial charge in [-0.1, -0.05) is 242 Å². The summed E-state index contributed by atoms with van der Waals surface area (Å²) in [6.45, 7) is 4.16. The van der Waals surface area contributed by atoms with Crippen LogP contribution in [0, 0.1) is 0 Å². The third-order valence-electron chi connectivity index (χ3n) is 11.1. The average molecular weight is 770 g/mol. The van der Waals surface area contributed by atoms with Crippen molar-refractivity contribution in [3.63, 3.8) is 0 Å². The minimum Gasteiger partial charge on any atom is -0.394 e. The smallest absolute Gasteiger partial charge is 0.220 e. The van der Waals surface area contributed by atoms with Gasteiger partial charge in [0.1, 0.15) is 0 Å². The molecule has 0 aliphatic rings. The fourth-order valence-corrected chi connectivity index (χ4v) is 7.29. The Morgan fingerprint density at radius 1 is 0.436 bits per heavy atom. The first kappa shape index (κ1) is 53.4. The Bertz CT molecular complexity index is 877. The molecular formula is C51H95NO3. The van der Waals surface area contributed by atoms with Crippen LogP contribution in [0.3, 0.4) is 0 Å². The van der Waals surface area contributed by atoms with Crippen molar-refractivity contribution >= 4 is 5.91 Å². The van der Waals surface area contributed by atoms with Gasteiger partial charge in [0.2, 0.25) is 5.91 Å². The van der Waals surface area contributed by atoms with Crippen LogP contribution in [0.15, 0.2) is 48.6 Å². The zero-order valence-corrected chi connectivity index (χ0v) is 36.9. The van der Waals surface area contributed by atoms with E-state index in [0.717, 1.165) is 44.9 Å². The van der Waals surface area contributed by atoms with Gasteiger partial charge in [-0.2, -0.15) is 0 Å². The standard InChI is InChI=1S/C51H95NO3/c1-3-5-7-9-10-11-12-13-14-15-16-17-18-19-20-21-22-23-24-25-26-27-28-29-30-31-32-33-34-35-36-37-38-39-40-41-42-43-45-47-51(55)52-49(48-53)50(54)46-44-8-6-4-2/h12-13,15-16,18-19,44,46,49-50,53-54H,3-11,14,17,20-43,45,47-48H2,1-2H3,(H,52,55)/b13-12-,16-15-,19-18-,46-44+. The summed E-state index contributed by atoms with van der Waals surface area (Å²) in [6.07, 6.45) is 64.6. The van der Waals surface area contributed by atoms with E-state index < -0.39 is 12.1 Å². The van der Waals surface area contributed by atoms with E-state index in [2.05, 4.69) is 55.6 Å². The summed E-state index contributed by atoms with van der Waals surface area (Å²) in [7, 11) is 0. The minimum atomic E-state index is -0.833. The number of carbonyl (C=O) groups excluding carboxylic acids is 1. The maximum Gasteiger partial charge on any atom is 0.220 e. The fourth-order valence-electron chi connectivity index (χ4n) is 7.29. The topological polar surface area (TPSA) is 69.6 Å². The van der Waals surface area contributed by atoms with E-state index in [4.69, 9.17) is 0 Å². The second-order valence-electron chi connectivity index (χ2n) is 16.5. The van der Waals surface area contributed by atoms with Crippen LogP contribution in [-0.4, -0.2) is 34.9 Å². The molecule has 0 aromatic rings. The lowest BCUT2D eigenvalue weighted by Crippen LogP contribution is -2.45. The van der Waals surface area contributed by atoms with Crippen molar-refractivity contribution in [3.05, 3.63) is 48.6 Å². The minimum absolute atomic E-state index is 0.0710. The van der Waals surface area contributed by atoms with Gasteiger partial charge in [-0.05, 0) is 51.4 Å². The van der Waals surface area contributed by atoms with Crippen LogP contribution in [0.4, 0.5) is 0 Å². The van der Waals surface area contributed by atoms with Crippen LogP contribution in [-0.2, 0) is 4.79 Å². The lowest BCUT2D eigenvalue weighted by atomic mass is 10.0. The summed E-state index contributed by atoms with van der Waals surface area (Å²) in [5, 5.41) is 22.5. The van der Waals surface area contributed by atoms with E-state index in [-0.39, 0.29) is 12.5 Å². The summed E-state index contributed by atoms with van der Waals surface area (Å²) < 4.78 is 0. The molecule has 0 aliphatic carbocycles. The molecule has 0 saturated heterocycles. The van der Waals surface area contributed by atoms with Crippen molar-refractivity contribution in [2.24, 2.45) is 0 Å². The maximum atomic E-state index is 12.2. The molecule has 0 aromatic carbocycles. The molecule has 0 fully saturated rings. The Balaban J connectivity index is 3.31. The molecule has 0 spiro atoms. The third-order valence-corrected chi connectivity index (χ3v) is 11.1. The summed E-state index contributed by atoms with van der Waals surface area (Å²) in [4.78, 5) is 12.2. The van der Waals surface area contributed by atoms with E-state index in [1.165, 1.54) is 186 Å². The number of amides is 1. The molecule has 0 rings (SSSR count). The number of nitrogens with one attached hydrogen (secondary N) is 1. The van der Waals surface area contributed by atoms with Gasteiger partial charge >= 0.3 is 0 Å². The molecule has 0 aromatic heterocycles. The summed E-state index contributed by atoms with van der Waals surface area (Å²) in [5.74, 6) is -0.0710. The molecular weight excluding hydrogens is 675 g/mol. The second kappa shape index (κ2) is 46.7. The Morgan fingerprint density at radius 2 is 0.764 bits per heavy atom. The Labute approximate surface area is 344 Å². The van der Waals surface area contributed by atoms with Crippen molar-refractivity contribution in [3.8, 4) is 0 Å². The van der Waals surface area contributed by atoms with Crippen molar-refractivity contribution in [2.45, 2.75) is 264 Å². The molecule has 2 unspecified atom stereocenters. The number of unbranched alkanes of at least 4 members (excludes halogenated alkanes) is 31. The van der Waals surface area contributed by atoms with Crippen molar-refractivity contribution in [2.75, 3.05) is 6.61 Å². The first-order chi connectivity index (χ1) is 27.2. The molecule has 0 saturated carbocycles. The van der Waals surface area contributed by atoms with Crippen LogP contribution in [0.2, 0.25) is 0 Å². The largest absolute Gasteiger partial charge is 0.394 e. The zero-order chi connectivity index (χ0) is 40.0. The first-order valence-corrected chi connectivity index (χ1v) is 24.4. The third kappa shape index (κ3) is 43.3. The van der Waals surface area contributed by atoms with Crippen LogP contribution >= 0.6 is 0 Å². The van der Waals surface area contributed by atoms with Crippen LogP contribution in [0.25, 0.3) is 0 Å². The Kier molecular flexibility index (Phi) is 45.3. The normalized spacial score (nSPS) is 13.3. The molecule has 0 heterocycles. The quantitative estimate of drug-likeness (QED) is 0.0427. The lowest BCUT2D eigenvalue weighted by Gasteiger charge is -2.19. The number of hydrogen-bond donors (Lipinski definition) is 3. The molecule has 0 aliphatic heterocycles. The van der Waals surface area contributed by atoms with Gasteiger partial charge in [0, 0.05) is 6.42 Å². The Hall–Kier alpha value is -1.65. The second-order valence-corrected chi connectivity index (χ2v) is 16.5. The highest BCUT2D eigenvalue weighted by molar-refractivity contribution is 5.76. The highest BCUT2D eigenvalue weighted by atomic mass is 16.3. The predicted octanol–water partition coefficient (Wildman–Crippen LogP) is 15.5. The van der Waals surface area contributed by atoms with Gasteiger partial charge < -0.3 is 15.5 Å². The zero-order valence-electron chi connectivity index (χ0n) is 36.9. The first-order valence-electron chi connectivity index (χ1n) is 24.4. The average Bonchev–Trinajstić information content (AvgIpc) is 3.19. The van der Waals surface area contributed by atoms with Gasteiger partial charge in [-0.15, -0.1) is 0 Å². The van der Waals surface area contributed by atoms with Gasteiger partial charge in [-0.25, -0.2) is 0 Å². The molecule has 322 valence electrons. The predicted molar refractivity (Wildman–Crippen MR) is 244 cm³/mol. The SMILES string of the molecule is CCCC/C=C/C(O)C(CO)NC(=O)CCCCCCCCCCCCCCCCCCCCCCCCCC/C=C\C/C=C\C/C=C\CCCCCCC. The number of hydrogen-bond acceptors (Lipinski definition) is 3. The monoisotopic (exact) mass is 770 g/mol. The number of allylic oxidation sites excluding steroid dienone is 7. The molecule has 3 N–H and O–H groups in total. The highest BCUT2D eigenvalue weighted by Gasteiger charge is 2.17. The van der Waals surface area contributed by atoms with Gasteiger partial charge in [-0.3, -0.25) is 4.79 Å². The molecule has 2 atom stereocenters. The van der Waals surface area contributed by atoms with Crippen LogP contribution in [0.5, 0.6) is 0 Å². The molecule has 4 heteroatoms. The number of aliphatic hydroxyl groups excluding tert-OH is 2. The maximum absolute atomic E-state index is 12.2. The molecule has 55 heavy (non-hydrogen) atoms. The molecule has 0 bridgehead atoms. The van der Waals surface area contributed by atoms with Crippen molar-refractivity contribution < 1.29 is 15.0 Å². The van der Waals surface area contributed by atoms with Gasteiger partial charge in [0.05, 0.1) is 18.8 Å². The van der Waals surface area contributed by atoms with E-state index in [1.807, 2.05) is 6.08 Å². The lowest BCUT2D eigenvalue weighted by molar-refractivity contribution is -0.123. The number of rotatable bonds is 44. The molecule has 4 nitrogen and oxygen atoms in total. The summed E-state index contributed by atoms with van der Waals surface area (Å²) >= 11 is 0. The number of aliphatic hydroxyl groups is 2. The Morgan fingerprint density at radius 3 is 1.15 bits per heavy atom. The van der Waals surface area contributed by atoms with E-state index in [9.17, 15) is 15.0 Å². The van der Waals surface area contributed by atoms with E-state index in [1.54, 1.807) is 6.08 Å². The van der Waals surface area contributed by atoms with Crippen molar-refractivity contribution in [1.29, 1.82) is 0 Å². The fraction of sp³-hybridized carbons (Fsp3) is 0.824. The molecule has 0 radical (unpaired) electrons. The van der Waals surface area contributed by atoms with Gasteiger partial charge in [0.25, 0.3) is 0 Å². The summed E-state index contributed by atoms with van der Waals surface area (Å²) in [5.41, 5.74) is 0. The summed E-state index contributed by atoms with van der Waals surface area (Å²) in [6, 6.07) is -0.616. The molecule has 1 amide bonds. The van der Waals surface area contributed by atoms with Crippen LogP contribution in [0.1, 0.15) is 251 Å². The highest BCUT2D eigenvalue weighted by Crippen LogP contribution is 2.16.